The molecule has 0 saturated carbocycles. The van der Waals surface area contributed by atoms with Gasteiger partial charge in [-0.15, -0.1) is 0 Å². The van der Waals surface area contributed by atoms with Gasteiger partial charge in [-0.25, -0.2) is 14.5 Å². The molecule has 0 amide bonds. The molecule has 1 aromatic carbocycles. The molecule has 1 aliphatic rings. The Morgan fingerprint density at radius 2 is 1.85 bits per heavy atom. The molecular formula is C24H26N8O. The lowest BCUT2D eigenvalue weighted by Gasteiger charge is -2.37. The van der Waals surface area contributed by atoms with Gasteiger partial charge in [0.1, 0.15) is 6.33 Å². The monoisotopic (exact) mass is 442 g/mol. The number of hydrogen-bond acceptors (Lipinski definition) is 8. The molecule has 0 spiro atoms. The van der Waals surface area contributed by atoms with Crippen LogP contribution in [0.3, 0.4) is 0 Å². The van der Waals surface area contributed by atoms with Crippen LogP contribution in [0.15, 0.2) is 67.4 Å². The van der Waals surface area contributed by atoms with Crippen molar-refractivity contribution in [3.63, 3.8) is 0 Å². The van der Waals surface area contributed by atoms with E-state index in [1.54, 1.807) is 16.9 Å². The van der Waals surface area contributed by atoms with Crippen molar-refractivity contribution in [2.75, 3.05) is 36.4 Å². The van der Waals surface area contributed by atoms with E-state index in [1.807, 2.05) is 12.1 Å². The lowest BCUT2D eigenvalue weighted by Crippen LogP contribution is -2.45. The van der Waals surface area contributed by atoms with Crippen LogP contribution in [-0.2, 0) is 6.61 Å². The predicted octanol–water partition coefficient (Wildman–Crippen LogP) is 3.08. The number of benzene rings is 1. The third kappa shape index (κ3) is 4.22. The van der Waals surface area contributed by atoms with E-state index in [4.69, 9.17) is 0 Å². The Hall–Kier alpha value is -3.98. The van der Waals surface area contributed by atoms with E-state index in [-0.39, 0.29) is 6.61 Å². The zero-order chi connectivity index (χ0) is 22.8. The first-order valence-electron chi connectivity index (χ1n) is 10.9. The van der Waals surface area contributed by atoms with Crippen LogP contribution in [0.2, 0.25) is 0 Å². The molecule has 1 aliphatic heterocycles. The minimum Gasteiger partial charge on any atom is -0.390 e. The summed E-state index contributed by atoms with van der Waals surface area (Å²) in [7, 11) is 0. The summed E-state index contributed by atoms with van der Waals surface area (Å²) in [5.74, 6) is 0.621. The van der Waals surface area contributed by atoms with Crippen molar-refractivity contribution < 1.29 is 5.11 Å². The highest BCUT2D eigenvalue weighted by atomic mass is 16.3. The van der Waals surface area contributed by atoms with Gasteiger partial charge < -0.3 is 20.2 Å². The summed E-state index contributed by atoms with van der Waals surface area (Å²) < 4.78 is 1.74. The summed E-state index contributed by atoms with van der Waals surface area (Å²) in [5.41, 5.74) is 6.10. The van der Waals surface area contributed by atoms with Crippen LogP contribution < -0.4 is 10.2 Å². The van der Waals surface area contributed by atoms with Gasteiger partial charge >= 0.3 is 0 Å². The fourth-order valence-corrected chi connectivity index (χ4v) is 4.07. The summed E-state index contributed by atoms with van der Waals surface area (Å²) in [6.07, 6.45) is 4.92. The van der Waals surface area contributed by atoms with Gasteiger partial charge in [0.2, 0.25) is 0 Å². The van der Waals surface area contributed by atoms with Crippen molar-refractivity contribution in [3.8, 4) is 11.3 Å². The number of nitrogens with one attached hydrogen (secondary N) is 1. The van der Waals surface area contributed by atoms with Crippen LogP contribution in [0.25, 0.3) is 16.9 Å². The standard InChI is InChI=1S/C24H26N8O/c1-17(2)30-9-11-31(12-10-30)21-5-3-19(4-6-21)29-23-24-27-16-28-32(24)22(14-26-23)18-7-8-25-20(13-18)15-33/h3-8,13-14,16,33H,1,9-12,15H2,2H3,(H,26,29). The number of fused-ring (bicyclic) bond motifs is 1. The SMILES string of the molecule is C=C(C)N1CCN(c2ccc(Nc3ncc(-c4ccnc(CO)c4)n4ncnc34)cc2)CC1. The zero-order valence-electron chi connectivity index (χ0n) is 18.5. The molecule has 9 heteroatoms. The van der Waals surface area contributed by atoms with E-state index in [1.165, 1.54) is 12.0 Å². The molecule has 168 valence electrons. The molecule has 1 saturated heterocycles. The Kier molecular flexibility index (Phi) is 5.62. The Balaban J connectivity index is 1.35. The number of pyridine rings is 1. The number of allylic oxidation sites excluding steroid dienone is 1. The molecule has 0 unspecified atom stereocenters. The first kappa shape index (κ1) is 20.9. The van der Waals surface area contributed by atoms with Crippen LogP contribution in [0, 0.1) is 0 Å². The number of hydrogen-bond donors (Lipinski definition) is 2. The number of rotatable bonds is 6. The van der Waals surface area contributed by atoms with E-state index in [2.05, 4.69) is 72.9 Å². The molecule has 3 aromatic heterocycles. The number of aliphatic hydroxyl groups excluding tert-OH is 1. The van der Waals surface area contributed by atoms with E-state index in [0.29, 0.717) is 17.2 Å². The number of aromatic nitrogens is 5. The Labute approximate surface area is 192 Å². The van der Waals surface area contributed by atoms with E-state index >= 15 is 0 Å². The number of anilines is 3. The minimum atomic E-state index is -0.124. The molecule has 0 aliphatic carbocycles. The van der Waals surface area contributed by atoms with Gasteiger partial charge in [0, 0.05) is 55.0 Å². The Morgan fingerprint density at radius 3 is 2.58 bits per heavy atom. The third-order valence-corrected chi connectivity index (χ3v) is 5.89. The van der Waals surface area contributed by atoms with Crippen molar-refractivity contribution >= 4 is 22.8 Å². The highest BCUT2D eigenvalue weighted by molar-refractivity contribution is 5.74. The highest BCUT2D eigenvalue weighted by Crippen LogP contribution is 2.26. The zero-order valence-corrected chi connectivity index (χ0v) is 18.5. The maximum absolute atomic E-state index is 9.40. The average molecular weight is 443 g/mol. The molecule has 2 N–H and O–H groups in total. The Morgan fingerprint density at radius 1 is 1.06 bits per heavy atom. The molecule has 4 heterocycles. The average Bonchev–Trinajstić information content (AvgIpc) is 3.35. The largest absolute Gasteiger partial charge is 0.390 e. The maximum atomic E-state index is 9.40. The molecular weight excluding hydrogens is 416 g/mol. The van der Waals surface area contributed by atoms with Gasteiger partial charge in [-0.1, -0.05) is 6.58 Å². The Bertz CT molecular complexity index is 1280. The van der Waals surface area contributed by atoms with Crippen molar-refractivity contribution in [2.45, 2.75) is 13.5 Å². The molecule has 0 radical (unpaired) electrons. The van der Waals surface area contributed by atoms with Gasteiger partial charge in [0.25, 0.3) is 0 Å². The van der Waals surface area contributed by atoms with Gasteiger partial charge in [-0.05, 0) is 43.3 Å². The molecule has 0 bridgehead atoms. The third-order valence-electron chi connectivity index (χ3n) is 5.89. The molecule has 0 atom stereocenters. The lowest BCUT2D eigenvalue weighted by molar-refractivity contribution is 0.277. The molecule has 5 rings (SSSR count). The minimum absolute atomic E-state index is 0.124. The molecule has 4 aromatic rings. The van der Waals surface area contributed by atoms with Crippen molar-refractivity contribution in [3.05, 3.63) is 73.1 Å². The number of nitrogens with zero attached hydrogens (tertiary/aromatic N) is 7. The second kappa shape index (κ2) is 8.87. The van der Waals surface area contributed by atoms with Gasteiger partial charge in [-0.2, -0.15) is 5.10 Å². The van der Waals surface area contributed by atoms with E-state index in [9.17, 15) is 5.11 Å². The summed E-state index contributed by atoms with van der Waals surface area (Å²) in [6, 6.07) is 12.0. The lowest BCUT2D eigenvalue weighted by atomic mass is 10.2. The quantitative estimate of drug-likeness (QED) is 0.471. The second-order valence-corrected chi connectivity index (χ2v) is 8.06. The second-order valence-electron chi connectivity index (χ2n) is 8.06. The summed E-state index contributed by atoms with van der Waals surface area (Å²) in [5, 5.41) is 17.1. The fraction of sp³-hybridized carbons (Fsp3) is 0.250. The highest BCUT2D eigenvalue weighted by Gasteiger charge is 2.17. The number of aliphatic hydroxyl groups is 1. The summed E-state index contributed by atoms with van der Waals surface area (Å²) in [4.78, 5) is 17.9. The molecule has 9 nitrogen and oxygen atoms in total. The normalized spacial score (nSPS) is 14.0. The van der Waals surface area contributed by atoms with Crippen LogP contribution in [0.4, 0.5) is 17.2 Å². The molecule has 33 heavy (non-hydrogen) atoms. The number of piperazine rings is 1. The van der Waals surface area contributed by atoms with Crippen LogP contribution in [-0.4, -0.2) is 60.8 Å². The maximum Gasteiger partial charge on any atom is 0.199 e. The van der Waals surface area contributed by atoms with Crippen LogP contribution >= 0.6 is 0 Å². The van der Waals surface area contributed by atoms with Crippen molar-refractivity contribution in [1.82, 2.24) is 29.5 Å². The van der Waals surface area contributed by atoms with Crippen LogP contribution in [0.5, 0.6) is 0 Å². The topological polar surface area (TPSA) is 94.7 Å². The summed E-state index contributed by atoms with van der Waals surface area (Å²) in [6.45, 7) is 9.94. The van der Waals surface area contributed by atoms with Gasteiger partial charge in [-0.3, -0.25) is 4.98 Å². The van der Waals surface area contributed by atoms with Gasteiger partial charge in [0.15, 0.2) is 11.5 Å². The first-order valence-corrected chi connectivity index (χ1v) is 10.9. The first-order chi connectivity index (χ1) is 16.1. The smallest absolute Gasteiger partial charge is 0.199 e. The summed E-state index contributed by atoms with van der Waals surface area (Å²) >= 11 is 0. The van der Waals surface area contributed by atoms with Crippen molar-refractivity contribution in [2.24, 2.45) is 0 Å². The van der Waals surface area contributed by atoms with E-state index < -0.39 is 0 Å². The van der Waals surface area contributed by atoms with E-state index in [0.717, 1.165) is 48.8 Å². The molecule has 1 fully saturated rings. The van der Waals surface area contributed by atoms with Crippen LogP contribution in [0.1, 0.15) is 12.6 Å². The van der Waals surface area contributed by atoms with Crippen molar-refractivity contribution in [1.29, 1.82) is 0 Å². The predicted molar refractivity (Wildman–Crippen MR) is 128 cm³/mol. The fourth-order valence-electron chi connectivity index (χ4n) is 4.07. The van der Waals surface area contributed by atoms with Gasteiger partial charge in [0.05, 0.1) is 24.2 Å².